The number of likely N-dealkylation sites (tertiary alicyclic amines) is 1. The van der Waals surface area contributed by atoms with Crippen LogP contribution in [0.3, 0.4) is 0 Å². The van der Waals surface area contributed by atoms with Crippen molar-refractivity contribution < 1.29 is 13.2 Å². The van der Waals surface area contributed by atoms with Crippen LogP contribution in [0, 0.1) is 12.8 Å². The second kappa shape index (κ2) is 9.87. The number of fused-ring (bicyclic) bond motifs is 1. The number of aryl methyl sites for hydroxylation is 1. The minimum atomic E-state index is -2.81. The number of ketones is 1. The lowest BCUT2D eigenvalue weighted by Crippen LogP contribution is -2.55. The number of aromatic nitrogens is 2. The molecule has 2 aromatic rings. The third-order valence-electron chi connectivity index (χ3n) is 7.82. The largest absolute Gasteiger partial charge is 0.362 e. The Morgan fingerprint density at radius 3 is 2.41 bits per heavy atom. The summed E-state index contributed by atoms with van der Waals surface area (Å²) in [4.78, 5) is 26.2. The highest BCUT2D eigenvalue weighted by Crippen LogP contribution is 2.32. The molecule has 2 aliphatic heterocycles. The van der Waals surface area contributed by atoms with Gasteiger partial charge in [0.15, 0.2) is 15.6 Å². The van der Waals surface area contributed by atoms with Crippen LogP contribution in [0.4, 0.5) is 5.82 Å². The number of nitrogens with zero attached hydrogens (tertiary/aromatic N) is 4. The molecule has 34 heavy (non-hydrogen) atoms. The van der Waals surface area contributed by atoms with Crippen LogP contribution in [0.1, 0.15) is 37.7 Å². The molecule has 9 heteroatoms. The van der Waals surface area contributed by atoms with Gasteiger partial charge < -0.3 is 5.32 Å². The van der Waals surface area contributed by atoms with E-state index in [0.29, 0.717) is 55.6 Å². The van der Waals surface area contributed by atoms with Crippen molar-refractivity contribution in [1.82, 2.24) is 19.8 Å². The minimum absolute atomic E-state index is 0.229. The summed E-state index contributed by atoms with van der Waals surface area (Å²) in [6, 6.07) is 7.21. The van der Waals surface area contributed by atoms with Crippen LogP contribution in [0.25, 0.3) is 10.9 Å². The van der Waals surface area contributed by atoms with Crippen molar-refractivity contribution in [1.29, 1.82) is 0 Å². The Morgan fingerprint density at radius 2 is 1.71 bits per heavy atom. The molecule has 1 saturated carbocycles. The van der Waals surface area contributed by atoms with Gasteiger partial charge in [-0.05, 0) is 50.7 Å². The van der Waals surface area contributed by atoms with Gasteiger partial charge >= 0.3 is 0 Å². The number of hydrogen-bond acceptors (Lipinski definition) is 8. The number of anilines is 1. The van der Waals surface area contributed by atoms with Crippen LogP contribution < -0.4 is 5.32 Å². The first-order valence-electron chi connectivity index (χ1n) is 12.5. The van der Waals surface area contributed by atoms with E-state index in [0.717, 1.165) is 48.2 Å². The predicted octanol–water partition coefficient (Wildman–Crippen LogP) is 2.28. The molecule has 1 N–H and O–H groups in total. The number of carbonyl (C=O) groups is 1. The molecule has 3 heterocycles. The third-order valence-corrected chi connectivity index (χ3v) is 9.43. The van der Waals surface area contributed by atoms with E-state index in [1.165, 1.54) is 19.2 Å². The molecule has 1 aromatic carbocycles. The van der Waals surface area contributed by atoms with Crippen LogP contribution in [0.15, 0.2) is 24.5 Å². The first-order valence-corrected chi connectivity index (χ1v) is 14.3. The van der Waals surface area contributed by atoms with Crippen molar-refractivity contribution in [2.75, 3.05) is 49.5 Å². The van der Waals surface area contributed by atoms with Crippen molar-refractivity contribution in [3.05, 3.63) is 30.1 Å². The van der Waals surface area contributed by atoms with Gasteiger partial charge in [0.25, 0.3) is 0 Å². The highest BCUT2D eigenvalue weighted by molar-refractivity contribution is 7.91. The average Bonchev–Trinajstić information content (AvgIpc) is 2.80. The predicted molar refractivity (Wildman–Crippen MR) is 134 cm³/mol. The summed E-state index contributed by atoms with van der Waals surface area (Å²) in [5, 5.41) is 4.18. The summed E-state index contributed by atoms with van der Waals surface area (Å²) in [7, 11) is -2.81. The molecule has 184 valence electrons. The summed E-state index contributed by atoms with van der Waals surface area (Å²) in [6.07, 6.45) is 6.81. The SMILES string of the molecule is Cc1ccc2ncnc(NCC(=O)CC3CN(C4CCC(N5CCS(=O)(=O)CC5)CC4)C3)c2c1. The molecular formula is C25H35N5O3S. The Labute approximate surface area is 202 Å². The Kier molecular flexibility index (Phi) is 6.86. The average molecular weight is 486 g/mol. The molecule has 0 bridgehead atoms. The fourth-order valence-electron chi connectivity index (χ4n) is 5.81. The van der Waals surface area contributed by atoms with Gasteiger partial charge in [-0.2, -0.15) is 0 Å². The lowest BCUT2D eigenvalue weighted by Gasteiger charge is -2.48. The normalized spacial score (nSPS) is 26.3. The summed E-state index contributed by atoms with van der Waals surface area (Å²) >= 11 is 0. The molecule has 3 fully saturated rings. The van der Waals surface area contributed by atoms with E-state index < -0.39 is 9.84 Å². The van der Waals surface area contributed by atoms with Gasteiger partial charge in [0, 0.05) is 50.1 Å². The zero-order valence-electron chi connectivity index (χ0n) is 19.9. The van der Waals surface area contributed by atoms with E-state index in [4.69, 9.17) is 0 Å². The van der Waals surface area contributed by atoms with Crippen LogP contribution in [-0.2, 0) is 14.6 Å². The molecule has 0 radical (unpaired) electrons. The Hall–Kier alpha value is -2.10. The lowest BCUT2D eigenvalue weighted by molar-refractivity contribution is -0.120. The summed E-state index contributed by atoms with van der Waals surface area (Å²) < 4.78 is 23.4. The van der Waals surface area contributed by atoms with Crippen molar-refractivity contribution in [2.45, 2.75) is 51.1 Å². The van der Waals surface area contributed by atoms with Crippen LogP contribution >= 0.6 is 0 Å². The molecule has 1 aliphatic carbocycles. The zero-order chi connectivity index (χ0) is 23.7. The molecule has 0 amide bonds. The number of sulfone groups is 1. The first-order chi connectivity index (χ1) is 16.4. The maximum absolute atomic E-state index is 12.6. The van der Waals surface area contributed by atoms with Crippen molar-refractivity contribution in [3.8, 4) is 0 Å². The topological polar surface area (TPSA) is 95.5 Å². The molecule has 5 rings (SSSR count). The van der Waals surface area contributed by atoms with E-state index in [1.807, 2.05) is 25.1 Å². The maximum atomic E-state index is 12.6. The van der Waals surface area contributed by atoms with Crippen LogP contribution in [-0.4, -0.2) is 90.3 Å². The molecule has 0 atom stereocenters. The number of hydrogen-bond donors (Lipinski definition) is 1. The van der Waals surface area contributed by atoms with Gasteiger partial charge in [-0.3, -0.25) is 14.6 Å². The van der Waals surface area contributed by atoms with E-state index in [-0.39, 0.29) is 5.78 Å². The number of nitrogens with one attached hydrogen (secondary N) is 1. The Morgan fingerprint density at radius 1 is 1.03 bits per heavy atom. The maximum Gasteiger partial charge on any atom is 0.152 e. The van der Waals surface area contributed by atoms with Gasteiger partial charge in [0.1, 0.15) is 12.1 Å². The minimum Gasteiger partial charge on any atom is -0.362 e. The van der Waals surface area contributed by atoms with E-state index >= 15 is 0 Å². The first kappa shape index (κ1) is 23.6. The van der Waals surface area contributed by atoms with E-state index in [9.17, 15) is 13.2 Å². The van der Waals surface area contributed by atoms with Crippen molar-refractivity contribution in [2.24, 2.45) is 5.92 Å². The van der Waals surface area contributed by atoms with Crippen molar-refractivity contribution >= 4 is 32.3 Å². The molecule has 3 aliphatic rings. The molecule has 0 unspecified atom stereocenters. The van der Waals surface area contributed by atoms with Crippen LogP contribution in [0.2, 0.25) is 0 Å². The summed E-state index contributed by atoms with van der Waals surface area (Å²) in [5.41, 5.74) is 2.02. The zero-order valence-corrected chi connectivity index (χ0v) is 20.8. The van der Waals surface area contributed by atoms with E-state index in [2.05, 4.69) is 25.1 Å². The number of carbonyl (C=O) groups excluding carboxylic acids is 1. The second-order valence-corrected chi connectivity index (χ2v) is 12.6. The highest BCUT2D eigenvalue weighted by atomic mass is 32.2. The number of Topliss-reactive ketones (excluding diaryl/α,β-unsaturated/α-hetero) is 1. The standard InChI is InChI=1S/C25H35N5O3S/c1-18-2-7-24-23(12-18)25(28-17-27-24)26-14-22(31)13-19-15-30(16-19)21-5-3-20(4-6-21)29-8-10-34(32,33)11-9-29/h2,7,12,17,19-21H,3-6,8-11,13-16H2,1H3,(H,26,27,28). The van der Waals surface area contributed by atoms with Crippen LogP contribution in [0.5, 0.6) is 0 Å². The lowest BCUT2D eigenvalue weighted by atomic mass is 9.84. The molecular weight excluding hydrogens is 450 g/mol. The van der Waals surface area contributed by atoms with Gasteiger partial charge in [0.05, 0.1) is 23.6 Å². The third kappa shape index (κ3) is 5.42. The highest BCUT2D eigenvalue weighted by Gasteiger charge is 2.37. The quantitative estimate of drug-likeness (QED) is 0.638. The van der Waals surface area contributed by atoms with E-state index in [1.54, 1.807) is 0 Å². The van der Waals surface area contributed by atoms with Gasteiger partial charge in [0.2, 0.25) is 0 Å². The smallest absolute Gasteiger partial charge is 0.152 e. The number of rotatable bonds is 7. The molecule has 1 aromatic heterocycles. The van der Waals surface area contributed by atoms with Gasteiger partial charge in [-0.25, -0.2) is 18.4 Å². The molecule has 8 nitrogen and oxygen atoms in total. The van der Waals surface area contributed by atoms with Gasteiger partial charge in [-0.1, -0.05) is 11.6 Å². The fraction of sp³-hybridized carbons (Fsp3) is 0.640. The fourth-order valence-corrected chi connectivity index (χ4v) is 7.03. The second-order valence-electron chi connectivity index (χ2n) is 10.3. The monoisotopic (exact) mass is 485 g/mol. The van der Waals surface area contributed by atoms with Gasteiger partial charge in [-0.15, -0.1) is 0 Å². The number of benzene rings is 1. The molecule has 2 saturated heterocycles. The van der Waals surface area contributed by atoms with Crippen molar-refractivity contribution in [3.63, 3.8) is 0 Å². The summed E-state index contributed by atoms with van der Waals surface area (Å²) in [5.74, 6) is 2.03. The Balaban J connectivity index is 1.03. The Bertz CT molecular complexity index is 1130. The molecule has 0 spiro atoms. The summed E-state index contributed by atoms with van der Waals surface area (Å²) in [6.45, 7) is 5.76.